The van der Waals surface area contributed by atoms with Crippen LogP contribution in [-0.2, 0) is 14.8 Å². The van der Waals surface area contributed by atoms with Crippen LogP contribution in [-0.4, -0.2) is 38.9 Å². The Morgan fingerprint density at radius 2 is 1.86 bits per heavy atom. The number of piperidine rings is 1. The van der Waals surface area contributed by atoms with E-state index in [4.69, 9.17) is 4.74 Å². The van der Waals surface area contributed by atoms with Crippen LogP contribution in [0.3, 0.4) is 0 Å². The van der Waals surface area contributed by atoms with Gasteiger partial charge < -0.3 is 9.64 Å². The Balaban J connectivity index is 1.86. The number of nitrogens with zero attached hydrogens (tertiary/aromatic N) is 2. The number of hydrogen-bond donors (Lipinski definition) is 1. The van der Waals surface area contributed by atoms with Gasteiger partial charge in [-0.3, -0.25) is 0 Å². The van der Waals surface area contributed by atoms with Gasteiger partial charge in [0.25, 0.3) is 10.0 Å². The van der Waals surface area contributed by atoms with Gasteiger partial charge in [0.1, 0.15) is 0 Å². The first-order chi connectivity index (χ1) is 10.5. The lowest BCUT2D eigenvalue weighted by Crippen LogP contribution is -2.36. The SMILES string of the molecule is Cc1ccc(S(=O)(=O)NN=COC(=O)N2CCCCC2)cc1. The van der Waals surface area contributed by atoms with E-state index in [-0.39, 0.29) is 4.90 Å². The number of ether oxygens (including phenoxy) is 1. The van der Waals surface area contributed by atoms with E-state index in [2.05, 4.69) is 5.10 Å². The number of sulfonamides is 1. The molecule has 2 rings (SSSR count). The van der Waals surface area contributed by atoms with Crippen LogP contribution >= 0.6 is 0 Å². The quantitative estimate of drug-likeness (QED) is 0.520. The molecular weight excluding hydrogens is 306 g/mol. The van der Waals surface area contributed by atoms with Crippen molar-refractivity contribution in [1.29, 1.82) is 0 Å². The summed E-state index contributed by atoms with van der Waals surface area (Å²) in [6.45, 7) is 3.17. The van der Waals surface area contributed by atoms with E-state index in [1.165, 1.54) is 12.1 Å². The summed E-state index contributed by atoms with van der Waals surface area (Å²) in [5.74, 6) is 0. The summed E-state index contributed by atoms with van der Waals surface area (Å²) in [7, 11) is -3.75. The smallest absolute Gasteiger partial charge is 0.396 e. The van der Waals surface area contributed by atoms with Crippen molar-refractivity contribution in [2.45, 2.75) is 31.1 Å². The zero-order chi connectivity index (χ0) is 16.0. The summed E-state index contributed by atoms with van der Waals surface area (Å²) >= 11 is 0. The molecule has 0 unspecified atom stereocenters. The van der Waals surface area contributed by atoms with Gasteiger partial charge >= 0.3 is 6.09 Å². The summed E-state index contributed by atoms with van der Waals surface area (Å²) in [4.78, 5) is 15.3. The molecule has 1 heterocycles. The largest absolute Gasteiger partial charge is 0.416 e. The lowest BCUT2D eigenvalue weighted by molar-refractivity contribution is 0.141. The lowest BCUT2D eigenvalue weighted by atomic mass is 10.1. The van der Waals surface area contributed by atoms with Gasteiger partial charge in [0, 0.05) is 13.1 Å². The third-order valence-electron chi connectivity index (χ3n) is 3.32. The fourth-order valence-electron chi connectivity index (χ4n) is 2.08. The molecule has 1 aliphatic rings. The molecule has 22 heavy (non-hydrogen) atoms. The van der Waals surface area contributed by atoms with Crippen LogP contribution in [0.4, 0.5) is 4.79 Å². The molecule has 0 radical (unpaired) electrons. The molecule has 1 amide bonds. The number of hydrogen-bond acceptors (Lipinski definition) is 5. The average molecular weight is 325 g/mol. The second kappa shape index (κ2) is 7.26. The van der Waals surface area contributed by atoms with Crippen molar-refractivity contribution in [2.24, 2.45) is 5.10 Å². The molecule has 0 aliphatic carbocycles. The first-order valence-corrected chi connectivity index (χ1v) is 8.53. The normalized spacial score (nSPS) is 15.8. The molecule has 0 atom stereocenters. The van der Waals surface area contributed by atoms with Crippen molar-refractivity contribution >= 4 is 22.5 Å². The van der Waals surface area contributed by atoms with E-state index in [1.807, 2.05) is 11.8 Å². The highest BCUT2D eigenvalue weighted by atomic mass is 32.2. The van der Waals surface area contributed by atoms with Crippen LogP contribution in [0.25, 0.3) is 0 Å². The Labute approximate surface area is 130 Å². The van der Waals surface area contributed by atoms with E-state index < -0.39 is 16.1 Å². The van der Waals surface area contributed by atoms with E-state index >= 15 is 0 Å². The van der Waals surface area contributed by atoms with Gasteiger partial charge in [-0.2, -0.15) is 13.2 Å². The van der Waals surface area contributed by atoms with Crippen molar-refractivity contribution in [3.8, 4) is 0 Å². The second-order valence-corrected chi connectivity index (χ2v) is 6.73. The number of nitrogens with one attached hydrogen (secondary N) is 1. The molecule has 1 aromatic rings. The van der Waals surface area contributed by atoms with Crippen LogP contribution in [0.1, 0.15) is 24.8 Å². The van der Waals surface area contributed by atoms with Gasteiger partial charge in [0.15, 0.2) is 0 Å². The van der Waals surface area contributed by atoms with Crippen LogP contribution in [0, 0.1) is 6.92 Å². The molecule has 0 bridgehead atoms. The molecule has 1 saturated heterocycles. The fraction of sp³-hybridized carbons (Fsp3) is 0.429. The van der Waals surface area contributed by atoms with Crippen molar-refractivity contribution in [1.82, 2.24) is 9.73 Å². The molecular formula is C14H19N3O4S. The maximum Gasteiger partial charge on any atom is 0.416 e. The average Bonchev–Trinajstić information content (AvgIpc) is 2.52. The summed E-state index contributed by atoms with van der Waals surface area (Å²) in [5.41, 5.74) is 0.956. The van der Waals surface area contributed by atoms with Gasteiger partial charge in [-0.15, -0.1) is 5.10 Å². The first kappa shape index (κ1) is 16.3. The Hall–Kier alpha value is -2.09. The standard InChI is InChI=1S/C14H19N3O4S/c1-12-5-7-13(8-6-12)22(19,20)16-15-11-21-14(18)17-9-3-2-4-10-17/h5-8,11,16H,2-4,9-10H2,1H3. The van der Waals surface area contributed by atoms with Crippen LogP contribution in [0.5, 0.6) is 0 Å². The summed E-state index contributed by atoms with van der Waals surface area (Å²) in [5, 5.41) is 3.44. The van der Waals surface area contributed by atoms with Crippen molar-refractivity contribution < 1.29 is 17.9 Å². The highest BCUT2D eigenvalue weighted by molar-refractivity contribution is 7.89. The maximum absolute atomic E-state index is 11.9. The number of amides is 1. The first-order valence-electron chi connectivity index (χ1n) is 7.04. The Kier molecular flexibility index (Phi) is 5.37. The van der Waals surface area contributed by atoms with E-state index in [1.54, 1.807) is 17.0 Å². The molecule has 0 saturated carbocycles. The number of carbonyl (C=O) groups is 1. The molecule has 8 heteroatoms. The van der Waals surface area contributed by atoms with Crippen LogP contribution in [0.2, 0.25) is 0 Å². The third kappa shape index (κ3) is 4.45. The summed E-state index contributed by atoms with van der Waals surface area (Å²) in [6, 6.07) is 6.34. The monoisotopic (exact) mass is 325 g/mol. The number of carbonyl (C=O) groups excluding carboxylic acids is 1. The third-order valence-corrected chi connectivity index (χ3v) is 4.56. The van der Waals surface area contributed by atoms with Gasteiger partial charge in [-0.1, -0.05) is 17.7 Å². The second-order valence-electron chi connectivity index (χ2n) is 5.07. The van der Waals surface area contributed by atoms with Crippen LogP contribution < -0.4 is 4.83 Å². The van der Waals surface area contributed by atoms with E-state index in [0.717, 1.165) is 31.2 Å². The predicted octanol–water partition coefficient (Wildman–Crippen LogP) is 1.84. The van der Waals surface area contributed by atoms with Crippen molar-refractivity contribution in [3.05, 3.63) is 29.8 Å². The Morgan fingerprint density at radius 3 is 2.50 bits per heavy atom. The van der Waals surface area contributed by atoms with E-state index in [0.29, 0.717) is 13.1 Å². The minimum Gasteiger partial charge on any atom is -0.396 e. The summed E-state index contributed by atoms with van der Waals surface area (Å²) < 4.78 is 28.6. The van der Waals surface area contributed by atoms with Crippen LogP contribution in [0.15, 0.2) is 34.3 Å². The number of aryl methyl sites for hydroxylation is 1. The number of benzene rings is 1. The molecule has 1 aliphatic heterocycles. The van der Waals surface area contributed by atoms with Gasteiger partial charge in [0.05, 0.1) is 4.90 Å². The predicted molar refractivity (Wildman–Crippen MR) is 81.9 cm³/mol. The number of likely N-dealkylation sites (tertiary alicyclic amines) is 1. The minimum atomic E-state index is -3.75. The van der Waals surface area contributed by atoms with Gasteiger partial charge in [0.2, 0.25) is 6.40 Å². The number of hydrazone groups is 1. The zero-order valence-corrected chi connectivity index (χ0v) is 13.2. The summed E-state index contributed by atoms with van der Waals surface area (Å²) in [6.07, 6.45) is 3.30. The van der Waals surface area contributed by atoms with Crippen molar-refractivity contribution in [2.75, 3.05) is 13.1 Å². The Morgan fingerprint density at radius 1 is 1.23 bits per heavy atom. The number of rotatable bonds is 4. The highest BCUT2D eigenvalue weighted by Crippen LogP contribution is 2.10. The zero-order valence-electron chi connectivity index (χ0n) is 12.4. The molecule has 1 N–H and O–H groups in total. The fourth-order valence-corrected chi connectivity index (χ4v) is 2.87. The van der Waals surface area contributed by atoms with Gasteiger partial charge in [-0.25, -0.2) is 4.79 Å². The maximum atomic E-state index is 11.9. The molecule has 120 valence electrons. The molecule has 0 aromatic heterocycles. The van der Waals surface area contributed by atoms with Gasteiger partial charge in [-0.05, 0) is 38.3 Å². The van der Waals surface area contributed by atoms with Crippen molar-refractivity contribution in [3.63, 3.8) is 0 Å². The lowest BCUT2D eigenvalue weighted by Gasteiger charge is -2.24. The molecule has 1 aromatic carbocycles. The van der Waals surface area contributed by atoms with E-state index in [9.17, 15) is 13.2 Å². The minimum absolute atomic E-state index is 0.0950. The molecule has 0 spiro atoms. The Bertz CT molecular complexity index is 635. The highest BCUT2D eigenvalue weighted by Gasteiger charge is 2.17. The molecule has 7 nitrogen and oxygen atoms in total. The topological polar surface area (TPSA) is 88.1 Å². The molecule has 1 fully saturated rings.